The number of tetrazole rings is 1. The number of aryl methyl sites for hydroxylation is 1. The number of nitrogens with one attached hydrogen (secondary N) is 1. The molecular formula is C29H34N12O2. The molecule has 0 aromatic carbocycles. The van der Waals surface area contributed by atoms with E-state index in [1.165, 1.54) is 0 Å². The van der Waals surface area contributed by atoms with Gasteiger partial charge in [0, 0.05) is 56.4 Å². The van der Waals surface area contributed by atoms with E-state index < -0.39 is 0 Å². The number of pyridine rings is 2. The number of aromatic nitrogens is 10. The molecule has 222 valence electrons. The molecule has 5 aromatic rings. The van der Waals surface area contributed by atoms with E-state index in [9.17, 15) is 0 Å². The molecule has 0 atom stereocenters. The van der Waals surface area contributed by atoms with E-state index in [0.717, 1.165) is 72.6 Å². The third-order valence-electron chi connectivity index (χ3n) is 8.15. The molecule has 0 bridgehead atoms. The van der Waals surface area contributed by atoms with E-state index in [1.54, 1.807) is 23.4 Å². The molecule has 2 fully saturated rings. The molecule has 1 saturated carbocycles. The predicted molar refractivity (Wildman–Crippen MR) is 159 cm³/mol. The molecule has 0 unspecified atom stereocenters. The molecule has 1 aliphatic heterocycles. The van der Waals surface area contributed by atoms with Crippen LogP contribution < -0.4 is 15.0 Å². The van der Waals surface area contributed by atoms with Gasteiger partial charge in [-0.05, 0) is 50.0 Å². The Hall–Kier alpha value is -4.72. The summed E-state index contributed by atoms with van der Waals surface area (Å²) in [5.74, 6) is 3.51. The Kier molecular flexibility index (Phi) is 7.49. The minimum atomic E-state index is 0.0374. The Morgan fingerprint density at radius 3 is 2.58 bits per heavy atom. The number of morpholine rings is 1. The maximum absolute atomic E-state index is 6.65. The summed E-state index contributed by atoms with van der Waals surface area (Å²) in [5, 5.41) is 17.5. The van der Waals surface area contributed by atoms with Crippen molar-refractivity contribution in [3.05, 3.63) is 54.5 Å². The average molecular weight is 583 g/mol. The molecule has 14 heteroatoms. The molecule has 7 rings (SSSR count). The maximum atomic E-state index is 6.65. The summed E-state index contributed by atoms with van der Waals surface area (Å²) < 4.78 is 14.2. The largest absolute Gasteiger partial charge is 0.474 e. The number of fused-ring (bicyclic) bond motifs is 1. The molecule has 1 aliphatic carbocycles. The van der Waals surface area contributed by atoms with Crippen LogP contribution >= 0.6 is 0 Å². The fourth-order valence-corrected chi connectivity index (χ4v) is 5.55. The van der Waals surface area contributed by atoms with Crippen molar-refractivity contribution in [3.8, 4) is 17.3 Å². The van der Waals surface area contributed by atoms with Crippen LogP contribution in [-0.4, -0.2) is 88.1 Å². The van der Waals surface area contributed by atoms with Crippen LogP contribution in [-0.2, 0) is 18.3 Å². The molecule has 0 spiro atoms. The van der Waals surface area contributed by atoms with Crippen molar-refractivity contribution in [1.29, 1.82) is 0 Å². The van der Waals surface area contributed by atoms with Crippen LogP contribution in [0.1, 0.15) is 37.2 Å². The standard InChI is InChI=1S/C29H34N12O2/c1-19-32-17-22(39(19)2)18-41-37-27(36-38-41)20-14-24-25(33-16-20)15-26(40-10-12-42-13-11-40)35-28(24)43-23-6-4-21(5-7-23)34-29-30-8-3-9-31-29/h3,8-9,14-17,21,23H,4-7,10-13,18H2,1-2H3,(H,30,31,34)/t21-,23+. The number of rotatable bonds is 8. The maximum Gasteiger partial charge on any atom is 0.225 e. The van der Waals surface area contributed by atoms with E-state index in [2.05, 4.69) is 40.6 Å². The van der Waals surface area contributed by atoms with Crippen molar-refractivity contribution in [2.75, 3.05) is 36.5 Å². The molecular weight excluding hydrogens is 548 g/mol. The van der Waals surface area contributed by atoms with Gasteiger partial charge in [-0.3, -0.25) is 4.98 Å². The number of hydrogen-bond acceptors (Lipinski definition) is 12. The summed E-state index contributed by atoms with van der Waals surface area (Å²) >= 11 is 0. The smallest absolute Gasteiger partial charge is 0.225 e. The predicted octanol–water partition coefficient (Wildman–Crippen LogP) is 2.80. The van der Waals surface area contributed by atoms with E-state index in [0.29, 0.717) is 43.5 Å². The minimum Gasteiger partial charge on any atom is -0.474 e. The molecule has 5 aromatic heterocycles. The van der Waals surface area contributed by atoms with Gasteiger partial charge in [0.05, 0.1) is 36.0 Å². The molecule has 0 radical (unpaired) electrons. The van der Waals surface area contributed by atoms with Crippen LogP contribution in [0.2, 0.25) is 0 Å². The average Bonchev–Trinajstić information content (AvgIpc) is 3.65. The zero-order chi connectivity index (χ0) is 29.2. The highest BCUT2D eigenvalue weighted by Crippen LogP contribution is 2.33. The van der Waals surface area contributed by atoms with Crippen LogP contribution in [0.15, 0.2) is 43.0 Å². The second-order valence-electron chi connectivity index (χ2n) is 11.0. The minimum absolute atomic E-state index is 0.0374. The number of anilines is 2. The molecule has 0 amide bonds. The number of imidazole rings is 1. The Bertz CT molecular complexity index is 1690. The first kappa shape index (κ1) is 27.1. The van der Waals surface area contributed by atoms with Gasteiger partial charge in [0.15, 0.2) is 0 Å². The molecule has 2 aliphatic rings. The summed E-state index contributed by atoms with van der Waals surface area (Å²) in [6.07, 6.45) is 10.9. The second-order valence-corrected chi connectivity index (χ2v) is 11.0. The number of hydrogen-bond donors (Lipinski definition) is 1. The Balaban J connectivity index is 1.14. The lowest BCUT2D eigenvalue weighted by atomic mass is 9.93. The van der Waals surface area contributed by atoms with Gasteiger partial charge in [-0.15, -0.1) is 10.2 Å². The molecule has 1 saturated heterocycles. The second kappa shape index (κ2) is 11.9. The zero-order valence-electron chi connectivity index (χ0n) is 24.3. The normalized spacial score (nSPS) is 19.1. The van der Waals surface area contributed by atoms with Gasteiger partial charge >= 0.3 is 0 Å². The summed E-state index contributed by atoms with van der Waals surface area (Å²) in [6, 6.07) is 6.15. The third kappa shape index (κ3) is 5.95. The Morgan fingerprint density at radius 1 is 1.00 bits per heavy atom. The van der Waals surface area contributed by atoms with Crippen LogP contribution in [0.5, 0.6) is 5.88 Å². The first-order valence-corrected chi connectivity index (χ1v) is 14.7. The van der Waals surface area contributed by atoms with E-state index >= 15 is 0 Å². The van der Waals surface area contributed by atoms with Crippen LogP contribution in [0.4, 0.5) is 11.8 Å². The van der Waals surface area contributed by atoms with Crippen LogP contribution in [0, 0.1) is 6.92 Å². The van der Waals surface area contributed by atoms with E-state index in [-0.39, 0.29) is 6.10 Å². The highest BCUT2D eigenvalue weighted by Gasteiger charge is 2.25. The summed E-state index contributed by atoms with van der Waals surface area (Å²) in [7, 11) is 1.98. The number of nitrogens with zero attached hydrogens (tertiary/aromatic N) is 11. The fourth-order valence-electron chi connectivity index (χ4n) is 5.55. The fraction of sp³-hybridized carbons (Fsp3) is 0.448. The summed E-state index contributed by atoms with van der Waals surface area (Å²) in [5.41, 5.74) is 2.56. The van der Waals surface area contributed by atoms with Gasteiger partial charge in [0.25, 0.3) is 0 Å². The lowest BCUT2D eigenvalue weighted by Gasteiger charge is -2.31. The van der Waals surface area contributed by atoms with Crippen LogP contribution in [0.3, 0.4) is 0 Å². The zero-order valence-corrected chi connectivity index (χ0v) is 24.3. The van der Waals surface area contributed by atoms with Crippen LogP contribution in [0.25, 0.3) is 22.3 Å². The lowest BCUT2D eigenvalue weighted by Crippen LogP contribution is -2.37. The van der Waals surface area contributed by atoms with Crippen molar-refractivity contribution >= 4 is 22.7 Å². The molecule has 1 N–H and O–H groups in total. The number of ether oxygens (including phenoxy) is 2. The summed E-state index contributed by atoms with van der Waals surface area (Å²) in [6.45, 7) is 5.33. The first-order chi connectivity index (χ1) is 21.1. The van der Waals surface area contributed by atoms with Crippen molar-refractivity contribution in [2.45, 2.75) is 51.3 Å². The van der Waals surface area contributed by atoms with Gasteiger partial charge in [-0.1, -0.05) is 0 Å². The van der Waals surface area contributed by atoms with Crippen molar-refractivity contribution in [3.63, 3.8) is 0 Å². The van der Waals surface area contributed by atoms with Gasteiger partial charge in [0.1, 0.15) is 24.3 Å². The third-order valence-corrected chi connectivity index (χ3v) is 8.15. The van der Waals surface area contributed by atoms with E-state index in [4.69, 9.17) is 19.4 Å². The Morgan fingerprint density at radius 2 is 1.81 bits per heavy atom. The van der Waals surface area contributed by atoms with Gasteiger partial charge in [-0.25, -0.2) is 15.0 Å². The van der Waals surface area contributed by atoms with Gasteiger partial charge < -0.3 is 24.3 Å². The highest BCUT2D eigenvalue weighted by molar-refractivity contribution is 5.88. The van der Waals surface area contributed by atoms with Crippen molar-refractivity contribution in [1.82, 2.24) is 49.7 Å². The highest BCUT2D eigenvalue weighted by atomic mass is 16.5. The van der Waals surface area contributed by atoms with Crippen molar-refractivity contribution in [2.24, 2.45) is 7.05 Å². The van der Waals surface area contributed by atoms with E-state index in [1.807, 2.05) is 42.9 Å². The monoisotopic (exact) mass is 582 g/mol. The van der Waals surface area contributed by atoms with Crippen molar-refractivity contribution < 1.29 is 9.47 Å². The Labute approximate surface area is 248 Å². The molecule has 43 heavy (non-hydrogen) atoms. The first-order valence-electron chi connectivity index (χ1n) is 14.7. The molecule has 6 heterocycles. The molecule has 14 nitrogen and oxygen atoms in total. The van der Waals surface area contributed by atoms with Gasteiger partial charge in [-0.2, -0.15) is 9.78 Å². The SMILES string of the molecule is Cc1ncc(Cn2nnc(-c3cnc4cc(N5CCOCC5)nc(O[C@H]5CC[C@@H](Nc6ncccn6)CC5)c4c3)n2)n1C. The quantitative estimate of drug-likeness (QED) is 0.287. The lowest BCUT2D eigenvalue weighted by molar-refractivity contribution is 0.122. The topological polar surface area (TPSA) is 147 Å². The van der Waals surface area contributed by atoms with Gasteiger partial charge in [0.2, 0.25) is 17.7 Å². The summed E-state index contributed by atoms with van der Waals surface area (Å²) in [4.78, 5) is 26.6.